The number of rotatable bonds is 4. The van der Waals surface area contributed by atoms with E-state index in [1.54, 1.807) is 21.4 Å². The summed E-state index contributed by atoms with van der Waals surface area (Å²) < 4.78 is 30.4. The largest absolute Gasteiger partial charge is 0.300 e. The summed E-state index contributed by atoms with van der Waals surface area (Å²) in [7, 11) is -3.55. The number of fused-ring (bicyclic) bond motifs is 2. The molecule has 2 aromatic heterocycles. The highest BCUT2D eigenvalue weighted by molar-refractivity contribution is 7.89. The van der Waals surface area contributed by atoms with Gasteiger partial charge < -0.3 is 4.90 Å². The van der Waals surface area contributed by atoms with Gasteiger partial charge in [-0.1, -0.05) is 6.92 Å². The second kappa shape index (κ2) is 7.73. The Kier molecular flexibility index (Phi) is 5.19. The third-order valence-corrected chi connectivity index (χ3v) is 9.20. The van der Waals surface area contributed by atoms with Gasteiger partial charge in [-0.25, -0.2) is 18.1 Å². The molecule has 0 N–H and O–H groups in total. The lowest BCUT2D eigenvalue weighted by molar-refractivity contribution is 0.0759. The molecule has 0 radical (unpaired) electrons. The molecule has 5 heterocycles. The van der Waals surface area contributed by atoms with Crippen molar-refractivity contribution in [3.8, 4) is 5.82 Å². The quantitative estimate of drug-likeness (QED) is 0.747. The van der Waals surface area contributed by atoms with Crippen LogP contribution in [-0.4, -0.2) is 63.6 Å². The number of likely N-dealkylation sites (tertiary alicyclic amines) is 1. The van der Waals surface area contributed by atoms with Crippen molar-refractivity contribution >= 4 is 10.0 Å². The Labute approximate surface area is 179 Å². The minimum absolute atomic E-state index is 0.110. The van der Waals surface area contributed by atoms with Gasteiger partial charge in [0.05, 0.1) is 12.4 Å². The Morgan fingerprint density at radius 1 is 1.03 bits per heavy atom. The van der Waals surface area contributed by atoms with Crippen LogP contribution in [0, 0.1) is 12.8 Å². The number of hydrogen-bond acceptors (Lipinski definition) is 5. The maximum atomic E-state index is 13.5. The lowest BCUT2D eigenvalue weighted by Crippen LogP contribution is -2.53. The van der Waals surface area contributed by atoms with Crippen molar-refractivity contribution in [3.05, 3.63) is 36.3 Å². The first-order valence-electron chi connectivity index (χ1n) is 11.2. The van der Waals surface area contributed by atoms with Crippen molar-refractivity contribution in [2.75, 3.05) is 13.1 Å². The Balaban J connectivity index is 1.35. The molecule has 0 aromatic carbocycles. The molecular weight excluding hydrogens is 398 g/mol. The fourth-order valence-corrected chi connectivity index (χ4v) is 7.35. The lowest BCUT2D eigenvalue weighted by Gasteiger charge is -2.44. The molecule has 2 unspecified atom stereocenters. The van der Waals surface area contributed by atoms with Gasteiger partial charge in [0, 0.05) is 24.3 Å². The lowest BCUT2D eigenvalue weighted by atomic mass is 9.93. The number of aromatic nitrogens is 3. The minimum atomic E-state index is -3.55. The molecule has 0 amide bonds. The van der Waals surface area contributed by atoms with E-state index in [1.807, 2.05) is 19.1 Å². The van der Waals surface area contributed by atoms with Crippen molar-refractivity contribution < 1.29 is 8.42 Å². The molecule has 0 spiro atoms. The smallest absolute Gasteiger partial charge is 0.246 e. The SMILES string of the molecule is Cc1ccnc(-n2cc(S(=O)(=O)N3C4CCC3CC(N3CCC(C)CC3)C4)cn2)c1. The second-order valence-corrected chi connectivity index (χ2v) is 11.2. The molecule has 5 rings (SSSR count). The maximum absolute atomic E-state index is 13.5. The summed E-state index contributed by atoms with van der Waals surface area (Å²) in [4.78, 5) is 7.21. The molecule has 162 valence electrons. The van der Waals surface area contributed by atoms with Crippen LogP contribution in [0.5, 0.6) is 0 Å². The normalized spacial score (nSPS) is 28.8. The van der Waals surface area contributed by atoms with Crippen molar-refractivity contribution in [2.45, 2.75) is 75.4 Å². The van der Waals surface area contributed by atoms with Crippen LogP contribution in [0.15, 0.2) is 35.6 Å². The van der Waals surface area contributed by atoms with Crippen molar-refractivity contribution in [1.82, 2.24) is 24.0 Å². The monoisotopic (exact) mass is 429 g/mol. The average Bonchev–Trinajstić information content (AvgIpc) is 3.33. The standard InChI is InChI=1S/C22H31N5O2S/c1-16-6-9-25(10-7-16)20-12-18-3-4-19(13-20)27(18)30(28,29)21-14-24-26(15-21)22-11-17(2)5-8-23-22/h5,8,11,14-16,18-20H,3-4,6-7,9-10,12-13H2,1-2H3. The van der Waals surface area contributed by atoms with Crippen LogP contribution in [0.1, 0.15) is 51.0 Å². The van der Waals surface area contributed by atoms with Gasteiger partial charge >= 0.3 is 0 Å². The third kappa shape index (κ3) is 3.59. The molecule has 2 aromatic rings. The molecule has 3 saturated heterocycles. The van der Waals surface area contributed by atoms with Crippen LogP contribution in [0.3, 0.4) is 0 Å². The molecular formula is C22H31N5O2S. The minimum Gasteiger partial charge on any atom is -0.300 e. The summed E-state index contributed by atoms with van der Waals surface area (Å²) >= 11 is 0. The molecule has 3 fully saturated rings. The number of sulfonamides is 1. The predicted octanol–water partition coefficient (Wildman–Crippen LogP) is 2.99. The highest BCUT2D eigenvalue weighted by Gasteiger charge is 2.48. The zero-order valence-electron chi connectivity index (χ0n) is 17.8. The van der Waals surface area contributed by atoms with Crippen LogP contribution in [-0.2, 0) is 10.0 Å². The van der Waals surface area contributed by atoms with Gasteiger partial charge in [-0.05, 0) is 82.2 Å². The van der Waals surface area contributed by atoms with Crippen molar-refractivity contribution in [3.63, 3.8) is 0 Å². The van der Waals surface area contributed by atoms with E-state index in [9.17, 15) is 8.42 Å². The topological polar surface area (TPSA) is 71.3 Å². The van der Waals surface area contributed by atoms with Gasteiger partial charge in [0.1, 0.15) is 4.90 Å². The molecule has 8 heteroatoms. The first-order valence-corrected chi connectivity index (χ1v) is 12.6. The zero-order chi connectivity index (χ0) is 20.9. The van der Waals surface area contributed by atoms with Crippen LogP contribution in [0.4, 0.5) is 0 Å². The maximum Gasteiger partial charge on any atom is 0.246 e. The number of hydrogen-bond donors (Lipinski definition) is 0. The first-order chi connectivity index (χ1) is 14.4. The zero-order valence-corrected chi connectivity index (χ0v) is 18.6. The Morgan fingerprint density at radius 3 is 2.40 bits per heavy atom. The van der Waals surface area contributed by atoms with Gasteiger partial charge in [-0.15, -0.1) is 0 Å². The summed E-state index contributed by atoms with van der Waals surface area (Å²) in [6, 6.07) is 4.56. The van der Waals surface area contributed by atoms with Gasteiger partial charge in [-0.2, -0.15) is 9.40 Å². The fourth-order valence-electron chi connectivity index (χ4n) is 5.52. The van der Waals surface area contributed by atoms with E-state index in [1.165, 1.54) is 19.0 Å². The van der Waals surface area contributed by atoms with E-state index in [0.29, 0.717) is 11.9 Å². The first kappa shape index (κ1) is 20.2. The number of aryl methyl sites for hydroxylation is 1. The van der Waals surface area contributed by atoms with Gasteiger partial charge in [-0.3, -0.25) is 0 Å². The second-order valence-electron chi connectivity index (χ2n) is 9.38. The van der Waals surface area contributed by atoms with Crippen molar-refractivity contribution in [2.24, 2.45) is 5.92 Å². The Bertz CT molecular complexity index is 998. The molecule has 0 saturated carbocycles. The number of nitrogens with zero attached hydrogens (tertiary/aromatic N) is 5. The van der Waals surface area contributed by atoms with Gasteiger partial charge in [0.2, 0.25) is 10.0 Å². The van der Waals surface area contributed by atoms with E-state index in [4.69, 9.17) is 0 Å². The van der Waals surface area contributed by atoms with Gasteiger partial charge in [0.25, 0.3) is 0 Å². The Morgan fingerprint density at radius 2 is 1.73 bits per heavy atom. The molecule has 3 aliphatic heterocycles. The van der Waals surface area contributed by atoms with E-state index in [-0.39, 0.29) is 17.0 Å². The molecule has 0 aliphatic carbocycles. The van der Waals surface area contributed by atoms with Crippen molar-refractivity contribution in [1.29, 1.82) is 0 Å². The van der Waals surface area contributed by atoms with E-state index in [0.717, 1.165) is 50.3 Å². The third-order valence-electron chi connectivity index (χ3n) is 7.25. The molecule has 7 nitrogen and oxygen atoms in total. The molecule has 2 bridgehead atoms. The van der Waals surface area contributed by atoms with Crippen LogP contribution in [0.25, 0.3) is 5.82 Å². The van der Waals surface area contributed by atoms with E-state index >= 15 is 0 Å². The van der Waals surface area contributed by atoms with E-state index < -0.39 is 10.0 Å². The van der Waals surface area contributed by atoms with Crippen LogP contribution in [0.2, 0.25) is 0 Å². The molecule has 30 heavy (non-hydrogen) atoms. The van der Waals surface area contributed by atoms with Gasteiger partial charge in [0.15, 0.2) is 5.82 Å². The highest BCUT2D eigenvalue weighted by Crippen LogP contribution is 2.41. The van der Waals surface area contributed by atoms with E-state index in [2.05, 4.69) is 21.9 Å². The summed E-state index contributed by atoms with van der Waals surface area (Å²) in [5, 5.41) is 4.29. The Hall–Kier alpha value is -1.77. The molecule has 2 atom stereocenters. The van der Waals surface area contributed by atoms with Crippen LogP contribution < -0.4 is 0 Å². The summed E-state index contributed by atoms with van der Waals surface area (Å²) in [6.07, 6.45) is 11.2. The summed E-state index contributed by atoms with van der Waals surface area (Å²) in [5.74, 6) is 1.45. The predicted molar refractivity (Wildman–Crippen MR) is 115 cm³/mol. The number of pyridine rings is 1. The fraction of sp³-hybridized carbons (Fsp3) is 0.636. The summed E-state index contributed by atoms with van der Waals surface area (Å²) in [6.45, 7) is 6.64. The van der Waals surface area contributed by atoms with Crippen LogP contribution >= 0.6 is 0 Å². The number of piperidine rings is 2. The summed E-state index contributed by atoms with van der Waals surface area (Å²) in [5.41, 5.74) is 1.06. The highest BCUT2D eigenvalue weighted by atomic mass is 32.2. The molecule has 3 aliphatic rings. The average molecular weight is 430 g/mol.